The summed E-state index contributed by atoms with van der Waals surface area (Å²) in [5, 5.41) is 21.4. The highest BCUT2D eigenvalue weighted by Crippen LogP contribution is 2.13. The van der Waals surface area contributed by atoms with E-state index in [0.29, 0.717) is 0 Å². The summed E-state index contributed by atoms with van der Waals surface area (Å²) in [5.41, 5.74) is 0. The molecule has 2 atom stereocenters. The van der Waals surface area contributed by atoms with Gasteiger partial charge in [0.25, 0.3) is 0 Å². The molecule has 0 fully saturated rings. The number of hydrogen-bond donors (Lipinski definition) is 4. The Balaban J connectivity index is 3.92. The molecule has 1 amide bonds. The van der Waals surface area contributed by atoms with Crippen LogP contribution in [0.4, 0.5) is 13.2 Å². The van der Waals surface area contributed by atoms with Crippen LogP contribution < -0.4 is 10.6 Å². The smallest absolute Gasteiger partial charge is 0.471 e. The quantitative estimate of drug-likeness (QED) is 0.462. The molecular weight excluding hydrogens is 245 g/mol. The minimum Gasteiger partial charge on any atom is -0.480 e. The first-order valence-corrected chi connectivity index (χ1v) is 4.65. The van der Waals surface area contributed by atoms with Gasteiger partial charge in [-0.3, -0.25) is 9.59 Å². The van der Waals surface area contributed by atoms with Gasteiger partial charge in [0.05, 0.1) is 6.10 Å². The molecule has 0 spiro atoms. The van der Waals surface area contributed by atoms with E-state index in [2.05, 4.69) is 5.32 Å². The summed E-state index contributed by atoms with van der Waals surface area (Å²) in [6.45, 7) is 0.624. The summed E-state index contributed by atoms with van der Waals surface area (Å²) >= 11 is 0. The van der Waals surface area contributed by atoms with Gasteiger partial charge < -0.3 is 20.8 Å². The van der Waals surface area contributed by atoms with Gasteiger partial charge in [0, 0.05) is 13.1 Å². The molecule has 0 bridgehead atoms. The highest BCUT2D eigenvalue weighted by atomic mass is 19.4. The van der Waals surface area contributed by atoms with Crippen molar-refractivity contribution in [1.82, 2.24) is 10.6 Å². The lowest BCUT2D eigenvalue weighted by atomic mass is 10.2. The van der Waals surface area contributed by atoms with Crippen molar-refractivity contribution in [3.63, 3.8) is 0 Å². The Hall–Kier alpha value is -1.35. The molecule has 0 saturated heterocycles. The minimum atomic E-state index is -4.96. The fourth-order valence-electron chi connectivity index (χ4n) is 0.968. The SMILES string of the molecule is C[C@@H](O)[C@H](NCCNC(=O)C(F)(F)F)C(=O)O. The number of nitrogens with one attached hydrogen (secondary N) is 2. The number of aliphatic carboxylic acids is 1. The molecule has 0 aliphatic carbocycles. The molecule has 4 N–H and O–H groups in total. The number of carboxylic acid groups (broad SMARTS) is 1. The minimum absolute atomic E-state index is 0.205. The van der Waals surface area contributed by atoms with Crippen molar-refractivity contribution in [2.45, 2.75) is 25.2 Å². The molecule has 0 saturated carbocycles. The topological polar surface area (TPSA) is 98.7 Å². The van der Waals surface area contributed by atoms with Gasteiger partial charge in [0.2, 0.25) is 0 Å². The van der Waals surface area contributed by atoms with Gasteiger partial charge in [-0.2, -0.15) is 13.2 Å². The monoisotopic (exact) mass is 258 g/mol. The van der Waals surface area contributed by atoms with Crippen molar-refractivity contribution in [1.29, 1.82) is 0 Å². The van der Waals surface area contributed by atoms with Crippen molar-refractivity contribution < 1.29 is 33.0 Å². The number of amides is 1. The van der Waals surface area contributed by atoms with Crippen LogP contribution in [0.5, 0.6) is 0 Å². The van der Waals surface area contributed by atoms with Gasteiger partial charge in [-0.05, 0) is 6.92 Å². The number of hydrogen-bond acceptors (Lipinski definition) is 4. The maximum absolute atomic E-state index is 11.7. The van der Waals surface area contributed by atoms with Crippen LogP contribution in [0.3, 0.4) is 0 Å². The van der Waals surface area contributed by atoms with E-state index in [1.165, 1.54) is 6.92 Å². The van der Waals surface area contributed by atoms with Crippen LogP contribution in [0.15, 0.2) is 0 Å². The van der Waals surface area contributed by atoms with Gasteiger partial charge in [-0.1, -0.05) is 0 Å². The second-order valence-electron chi connectivity index (χ2n) is 3.26. The second kappa shape index (κ2) is 6.40. The van der Waals surface area contributed by atoms with Gasteiger partial charge >= 0.3 is 18.1 Å². The molecule has 0 rings (SSSR count). The first kappa shape index (κ1) is 15.7. The molecular formula is C8H13F3N2O4. The number of alkyl halides is 3. The van der Waals surface area contributed by atoms with E-state index in [1.807, 2.05) is 0 Å². The number of halogens is 3. The molecule has 0 heterocycles. The number of aliphatic hydroxyl groups is 1. The third-order valence-electron chi connectivity index (χ3n) is 1.78. The van der Waals surface area contributed by atoms with E-state index < -0.39 is 36.7 Å². The van der Waals surface area contributed by atoms with E-state index in [1.54, 1.807) is 5.32 Å². The fraction of sp³-hybridized carbons (Fsp3) is 0.750. The Morgan fingerprint density at radius 1 is 1.29 bits per heavy atom. The number of carboxylic acids is 1. The highest BCUT2D eigenvalue weighted by molar-refractivity contribution is 5.81. The summed E-state index contributed by atoms with van der Waals surface area (Å²) < 4.78 is 35.2. The van der Waals surface area contributed by atoms with Crippen molar-refractivity contribution in [3.8, 4) is 0 Å². The van der Waals surface area contributed by atoms with Crippen LogP contribution in [0.1, 0.15) is 6.92 Å². The van der Waals surface area contributed by atoms with Crippen LogP contribution in [0.25, 0.3) is 0 Å². The molecule has 0 aromatic carbocycles. The van der Waals surface area contributed by atoms with Crippen molar-refractivity contribution in [3.05, 3.63) is 0 Å². The molecule has 9 heteroatoms. The molecule has 0 aromatic heterocycles. The predicted molar refractivity (Wildman–Crippen MR) is 50.2 cm³/mol. The van der Waals surface area contributed by atoms with E-state index in [0.717, 1.165) is 0 Å². The van der Waals surface area contributed by atoms with Gasteiger partial charge in [0.15, 0.2) is 0 Å². The summed E-state index contributed by atoms with van der Waals surface area (Å²) in [6.07, 6.45) is -6.16. The lowest BCUT2D eigenvalue weighted by Crippen LogP contribution is -2.48. The van der Waals surface area contributed by atoms with Crippen LogP contribution in [0.2, 0.25) is 0 Å². The first-order valence-electron chi connectivity index (χ1n) is 4.65. The largest absolute Gasteiger partial charge is 0.480 e. The van der Waals surface area contributed by atoms with Gasteiger partial charge in [-0.15, -0.1) is 0 Å². The molecule has 100 valence electrons. The standard InChI is InChI=1S/C8H13F3N2O4/c1-4(14)5(6(15)16)12-2-3-13-7(17)8(9,10)11/h4-5,12,14H,2-3H2,1H3,(H,13,17)(H,15,16)/t4-,5+/m1/s1. The van der Waals surface area contributed by atoms with Crippen molar-refractivity contribution in [2.24, 2.45) is 0 Å². The Bertz CT molecular complexity index is 280. The Morgan fingerprint density at radius 3 is 2.18 bits per heavy atom. The molecule has 6 nitrogen and oxygen atoms in total. The van der Waals surface area contributed by atoms with Crippen LogP contribution in [-0.4, -0.2) is 53.5 Å². The van der Waals surface area contributed by atoms with Gasteiger partial charge in [0.1, 0.15) is 6.04 Å². The maximum atomic E-state index is 11.7. The van der Waals surface area contributed by atoms with E-state index >= 15 is 0 Å². The van der Waals surface area contributed by atoms with Crippen LogP contribution in [0, 0.1) is 0 Å². The van der Waals surface area contributed by atoms with Crippen LogP contribution >= 0.6 is 0 Å². The van der Waals surface area contributed by atoms with Crippen LogP contribution in [-0.2, 0) is 9.59 Å². The third-order valence-corrected chi connectivity index (χ3v) is 1.78. The molecule has 0 radical (unpaired) electrons. The lowest BCUT2D eigenvalue weighted by molar-refractivity contribution is -0.173. The average molecular weight is 258 g/mol. The summed E-state index contributed by atoms with van der Waals surface area (Å²) in [6, 6.07) is -1.29. The predicted octanol–water partition coefficient (Wildman–Crippen LogP) is -0.912. The fourth-order valence-corrected chi connectivity index (χ4v) is 0.968. The van der Waals surface area contributed by atoms with Crippen molar-refractivity contribution >= 4 is 11.9 Å². The second-order valence-corrected chi connectivity index (χ2v) is 3.26. The molecule has 0 unspecified atom stereocenters. The Labute approximate surface area is 94.8 Å². The number of carbonyl (C=O) groups excluding carboxylic acids is 1. The summed E-state index contributed by atoms with van der Waals surface area (Å²) in [7, 11) is 0. The zero-order valence-corrected chi connectivity index (χ0v) is 8.91. The maximum Gasteiger partial charge on any atom is 0.471 e. The average Bonchev–Trinajstić information content (AvgIpc) is 2.14. The molecule has 0 aliphatic rings. The lowest BCUT2D eigenvalue weighted by Gasteiger charge is -2.17. The normalized spacial score (nSPS) is 15.1. The molecule has 0 aromatic rings. The van der Waals surface area contributed by atoms with E-state index in [-0.39, 0.29) is 6.54 Å². The first-order chi connectivity index (χ1) is 7.66. The number of carbonyl (C=O) groups is 2. The third kappa shape index (κ3) is 6.07. The zero-order valence-electron chi connectivity index (χ0n) is 8.91. The zero-order chi connectivity index (χ0) is 13.6. The Kier molecular flexibility index (Phi) is 5.89. The Morgan fingerprint density at radius 2 is 1.82 bits per heavy atom. The molecule has 0 aliphatic heterocycles. The van der Waals surface area contributed by atoms with E-state index in [9.17, 15) is 22.8 Å². The van der Waals surface area contributed by atoms with E-state index in [4.69, 9.17) is 10.2 Å². The number of aliphatic hydroxyl groups excluding tert-OH is 1. The van der Waals surface area contributed by atoms with Gasteiger partial charge in [-0.25, -0.2) is 0 Å². The summed E-state index contributed by atoms with van der Waals surface area (Å²) in [4.78, 5) is 20.9. The van der Waals surface area contributed by atoms with Crippen molar-refractivity contribution in [2.75, 3.05) is 13.1 Å². The summed E-state index contributed by atoms with van der Waals surface area (Å²) in [5.74, 6) is -3.43. The number of rotatable bonds is 6. The molecule has 17 heavy (non-hydrogen) atoms. The highest BCUT2D eigenvalue weighted by Gasteiger charge is 2.38.